The number of nitrogens with zero attached hydrogens (tertiary/aromatic N) is 2. The molecule has 2 aliphatic rings. The van der Waals surface area contributed by atoms with E-state index in [1.54, 1.807) is 19.2 Å². The number of hydrogen-bond donors (Lipinski definition) is 1. The van der Waals surface area contributed by atoms with Gasteiger partial charge in [0.15, 0.2) is 0 Å². The minimum absolute atomic E-state index is 0. The highest BCUT2D eigenvalue weighted by Crippen LogP contribution is 2.36. The highest BCUT2D eigenvalue weighted by Gasteiger charge is 2.29. The number of benzene rings is 2. The van der Waals surface area contributed by atoms with E-state index in [1.807, 2.05) is 28.9 Å². The summed E-state index contributed by atoms with van der Waals surface area (Å²) in [5.74, 6) is 0.282. The minimum Gasteiger partial charge on any atom is -0.493 e. The molecule has 2 aromatic carbocycles. The van der Waals surface area contributed by atoms with E-state index in [4.69, 9.17) is 14.2 Å². The minimum atomic E-state index is -0.378. The van der Waals surface area contributed by atoms with Crippen LogP contribution < -0.4 is 10.1 Å². The number of rotatable bonds is 15. The van der Waals surface area contributed by atoms with Crippen molar-refractivity contribution < 1.29 is 28.2 Å². The zero-order chi connectivity index (χ0) is 33.1. The number of carbonyl (C=O) groups excluding carboxylic acids is 2. The first-order chi connectivity index (χ1) is 22.3. The second kappa shape index (κ2) is 19.3. The normalized spacial score (nSPS) is 16.9. The lowest BCUT2D eigenvalue weighted by Gasteiger charge is -2.38. The van der Waals surface area contributed by atoms with Crippen molar-refractivity contribution in [3.63, 3.8) is 0 Å². The summed E-state index contributed by atoms with van der Waals surface area (Å²) in [7, 11) is 1.65. The number of amides is 2. The van der Waals surface area contributed by atoms with E-state index in [-0.39, 0.29) is 61.0 Å². The highest BCUT2D eigenvalue weighted by molar-refractivity contribution is 5.85. The van der Waals surface area contributed by atoms with Crippen LogP contribution in [0, 0.1) is 5.82 Å². The zero-order valence-electron chi connectivity index (χ0n) is 28.9. The number of likely N-dealkylation sites (N-methyl/N-ethyl adjacent to an activating group) is 1. The summed E-state index contributed by atoms with van der Waals surface area (Å²) < 4.78 is 32.6. The standard InChI is InChI=1S/C37H54FN3O5.ClH/c1-6-28-22-33(32-20-27(11-12-34(32)38)21-36(42)40(7-2)30-13-18-45-19-14-30)35(46-17-9-16-44-5)23-29(28)24-37(43)41(26(3)4)31-10-8-15-39-25-31;/h11-12,20,22-23,26,30-31,39H,6-10,13-19,21,24-25H2,1-5H3;1H/t31-;/m1./s1. The predicted octanol–water partition coefficient (Wildman–Crippen LogP) is 5.99. The molecule has 0 unspecified atom stereocenters. The first kappa shape index (κ1) is 38.7. The smallest absolute Gasteiger partial charge is 0.227 e. The zero-order valence-corrected chi connectivity index (χ0v) is 29.8. The number of carbonyl (C=O) groups is 2. The van der Waals surface area contributed by atoms with E-state index in [9.17, 15) is 9.59 Å². The summed E-state index contributed by atoms with van der Waals surface area (Å²) in [6, 6.07) is 9.25. The van der Waals surface area contributed by atoms with E-state index in [2.05, 4.69) is 26.1 Å². The molecule has 0 bridgehead atoms. The second-order valence-electron chi connectivity index (χ2n) is 12.8. The quantitative estimate of drug-likeness (QED) is 0.234. The summed E-state index contributed by atoms with van der Waals surface area (Å²) in [6.07, 6.45) is 5.51. The Kier molecular flexibility index (Phi) is 15.9. The number of piperidine rings is 1. The van der Waals surface area contributed by atoms with Crippen LogP contribution in [-0.4, -0.2) is 92.9 Å². The predicted molar refractivity (Wildman–Crippen MR) is 187 cm³/mol. The van der Waals surface area contributed by atoms with Gasteiger partial charge in [0.1, 0.15) is 11.6 Å². The van der Waals surface area contributed by atoms with E-state index in [0.29, 0.717) is 62.7 Å². The van der Waals surface area contributed by atoms with Crippen LogP contribution in [0.2, 0.25) is 0 Å². The van der Waals surface area contributed by atoms with Crippen LogP contribution in [0.4, 0.5) is 4.39 Å². The Hall–Kier alpha value is -2.72. The Morgan fingerprint density at radius 1 is 0.979 bits per heavy atom. The molecule has 2 fully saturated rings. The molecule has 0 radical (unpaired) electrons. The molecule has 1 atom stereocenters. The molecule has 2 amide bonds. The highest BCUT2D eigenvalue weighted by atomic mass is 35.5. The average Bonchev–Trinajstić information content (AvgIpc) is 3.05. The van der Waals surface area contributed by atoms with Crippen molar-refractivity contribution in [1.29, 1.82) is 0 Å². The molecule has 0 aliphatic carbocycles. The third kappa shape index (κ3) is 10.4. The Bertz CT molecular complexity index is 1300. The monoisotopic (exact) mass is 675 g/mol. The number of ether oxygens (including phenoxy) is 3. The van der Waals surface area contributed by atoms with E-state index in [0.717, 1.165) is 55.5 Å². The molecule has 8 nitrogen and oxygen atoms in total. The Balaban J connectivity index is 0.00000600. The summed E-state index contributed by atoms with van der Waals surface area (Å²) in [4.78, 5) is 31.2. The van der Waals surface area contributed by atoms with Crippen molar-refractivity contribution in [3.8, 4) is 16.9 Å². The molecule has 10 heteroatoms. The van der Waals surface area contributed by atoms with Gasteiger partial charge >= 0.3 is 0 Å². The summed E-state index contributed by atoms with van der Waals surface area (Å²) in [5, 5.41) is 3.44. The largest absolute Gasteiger partial charge is 0.493 e. The molecule has 1 N–H and O–H groups in total. The van der Waals surface area contributed by atoms with Gasteiger partial charge in [0.25, 0.3) is 0 Å². The van der Waals surface area contributed by atoms with E-state index >= 15 is 4.39 Å². The van der Waals surface area contributed by atoms with Gasteiger partial charge in [-0.15, -0.1) is 12.4 Å². The van der Waals surface area contributed by atoms with Gasteiger partial charge in [-0.05, 0) is 100 Å². The molecular formula is C37H55ClFN3O5. The van der Waals surface area contributed by atoms with Gasteiger partial charge in [-0.2, -0.15) is 0 Å². The molecule has 2 aromatic rings. The van der Waals surface area contributed by atoms with Crippen molar-refractivity contribution in [2.75, 3.05) is 53.2 Å². The first-order valence-corrected chi connectivity index (χ1v) is 17.2. The third-order valence-electron chi connectivity index (χ3n) is 9.25. The van der Waals surface area contributed by atoms with Crippen molar-refractivity contribution >= 4 is 24.2 Å². The number of aryl methyl sites for hydroxylation is 1. The Labute approximate surface area is 287 Å². The van der Waals surface area contributed by atoms with Gasteiger partial charge < -0.3 is 29.3 Å². The van der Waals surface area contributed by atoms with Crippen molar-refractivity contribution in [2.24, 2.45) is 0 Å². The lowest BCUT2D eigenvalue weighted by Crippen LogP contribution is -2.52. The van der Waals surface area contributed by atoms with Crippen molar-refractivity contribution in [2.45, 2.75) is 97.2 Å². The van der Waals surface area contributed by atoms with Gasteiger partial charge in [-0.1, -0.05) is 13.0 Å². The van der Waals surface area contributed by atoms with Crippen LogP contribution in [0.3, 0.4) is 0 Å². The molecule has 47 heavy (non-hydrogen) atoms. The van der Waals surface area contributed by atoms with Gasteiger partial charge in [0.05, 0.1) is 19.4 Å². The average molecular weight is 676 g/mol. The summed E-state index contributed by atoms with van der Waals surface area (Å²) in [6.45, 7) is 12.9. The lowest BCUT2D eigenvalue weighted by molar-refractivity contribution is -0.135. The maximum absolute atomic E-state index is 15.6. The summed E-state index contributed by atoms with van der Waals surface area (Å²) >= 11 is 0. The van der Waals surface area contributed by atoms with Crippen molar-refractivity contribution in [1.82, 2.24) is 15.1 Å². The molecule has 2 saturated heterocycles. The molecule has 2 aliphatic heterocycles. The van der Waals surface area contributed by atoms with Gasteiger partial charge in [-0.25, -0.2) is 4.39 Å². The van der Waals surface area contributed by atoms with Crippen LogP contribution in [0.25, 0.3) is 11.1 Å². The topological polar surface area (TPSA) is 80.3 Å². The first-order valence-electron chi connectivity index (χ1n) is 17.2. The summed E-state index contributed by atoms with van der Waals surface area (Å²) in [5.41, 5.74) is 3.66. The number of nitrogens with one attached hydrogen (secondary N) is 1. The van der Waals surface area contributed by atoms with Gasteiger partial charge in [-0.3, -0.25) is 9.59 Å². The number of hydrogen-bond acceptors (Lipinski definition) is 6. The fraction of sp³-hybridized carbons (Fsp3) is 0.622. The molecular weight excluding hydrogens is 621 g/mol. The van der Waals surface area contributed by atoms with E-state index in [1.165, 1.54) is 6.07 Å². The number of halogens is 2. The fourth-order valence-corrected chi connectivity index (χ4v) is 6.91. The van der Waals surface area contributed by atoms with Crippen molar-refractivity contribution in [3.05, 3.63) is 52.8 Å². The SMILES string of the molecule is CCc1cc(-c2cc(CC(=O)N(CC)C3CCOCC3)ccc2F)c(OCCCOC)cc1CC(=O)N(C(C)C)[C@@H]1CCCNC1.Cl. The maximum atomic E-state index is 15.6. The van der Waals surface area contributed by atoms with Crippen LogP contribution >= 0.6 is 12.4 Å². The van der Waals surface area contributed by atoms with Gasteiger partial charge in [0, 0.05) is 75.7 Å². The molecule has 0 saturated carbocycles. The molecule has 4 rings (SSSR count). The molecule has 0 aromatic heterocycles. The Morgan fingerprint density at radius 3 is 2.38 bits per heavy atom. The molecule has 0 spiro atoms. The molecule has 262 valence electrons. The third-order valence-corrected chi connectivity index (χ3v) is 9.25. The Morgan fingerprint density at radius 2 is 1.74 bits per heavy atom. The second-order valence-corrected chi connectivity index (χ2v) is 12.8. The lowest BCUT2D eigenvalue weighted by atomic mass is 9.92. The number of methoxy groups -OCH3 is 1. The van der Waals surface area contributed by atoms with Crippen LogP contribution in [-0.2, 0) is 38.3 Å². The van der Waals surface area contributed by atoms with E-state index < -0.39 is 0 Å². The van der Waals surface area contributed by atoms with Gasteiger partial charge in [0.2, 0.25) is 11.8 Å². The van der Waals surface area contributed by atoms with Crippen LogP contribution in [0.15, 0.2) is 30.3 Å². The van der Waals surface area contributed by atoms with Crippen LogP contribution in [0.1, 0.15) is 76.5 Å². The van der Waals surface area contributed by atoms with Crippen LogP contribution in [0.5, 0.6) is 5.75 Å². The molecule has 2 heterocycles. The maximum Gasteiger partial charge on any atom is 0.227 e. The fourth-order valence-electron chi connectivity index (χ4n) is 6.91.